The number of fused-ring (bicyclic) bond motifs is 3. The van der Waals surface area contributed by atoms with Crippen LogP contribution in [-0.2, 0) is 41.8 Å². The van der Waals surface area contributed by atoms with Gasteiger partial charge in [0.05, 0.1) is 11.6 Å². The van der Waals surface area contributed by atoms with E-state index in [0.717, 1.165) is 34.7 Å². The Morgan fingerprint density at radius 1 is 1.09 bits per heavy atom. The highest BCUT2D eigenvalue weighted by atomic mass is 19.4. The van der Waals surface area contributed by atoms with Gasteiger partial charge in [-0.1, -0.05) is 31.9 Å². The second-order valence-electron chi connectivity index (χ2n) is 14.1. The fraction of sp³-hybridized carbons (Fsp3) is 0.450. The highest BCUT2D eigenvalue weighted by Gasteiger charge is 2.52. The molecule has 294 valence electrons. The average molecular weight is 774 g/mol. The van der Waals surface area contributed by atoms with E-state index in [9.17, 15) is 45.4 Å². The Labute approximate surface area is 314 Å². The number of amides is 2. The molecule has 55 heavy (non-hydrogen) atoms. The molecule has 1 saturated carbocycles. The van der Waals surface area contributed by atoms with Gasteiger partial charge in [-0.2, -0.15) is 27.1 Å². The molecule has 3 heterocycles. The zero-order valence-corrected chi connectivity index (χ0v) is 31.0. The molecule has 2 aromatic carbocycles. The lowest BCUT2D eigenvalue weighted by atomic mass is 9.82. The number of nitrogens with zero attached hydrogens (tertiary/aromatic N) is 3. The predicted octanol–water partition coefficient (Wildman–Crippen LogP) is 7.63. The van der Waals surface area contributed by atoms with Gasteiger partial charge in [0, 0.05) is 41.8 Å². The topological polar surface area (TPSA) is 109 Å². The number of aryl methyl sites for hydroxylation is 1. The third-order valence-corrected chi connectivity index (χ3v) is 9.60. The summed E-state index contributed by atoms with van der Waals surface area (Å²) in [5, 5.41) is 19.1. The van der Waals surface area contributed by atoms with Crippen LogP contribution < -0.4 is 10.6 Å². The number of carbonyl (C=O) groups is 2. The Bertz CT molecular complexity index is 2060. The van der Waals surface area contributed by atoms with Crippen LogP contribution in [0, 0.1) is 23.5 Å². The average Bonchev–Trinajstić information content (AvgIpc) is 3.54. The van der Waals surface area contributed by atoms with Gasteiger partial charge >= 0.3 is 6.18 Å². The van der Waals surface area contributed by atoms with Gasteiger partial charge in [0.1, 0.15) is 28.6 Å². The number of halogens is 7. The van der Waals surface area contributed by atoms with Crippen molar-refractivity contribution in [3.63, 3.8) is 0 Å². The molecule has 0 bridgehead atoms. The van der Waals surface area contributed by atoms with Crippen LogP contribution in [-0.4, -0.2) is 44.6 Å². The number of aromatic nitrogens is 2. The zero-order valence-electron chi connectivity index (χ0n) is 31.0. The molecule has 3 aromatic rings. The van der Waals surface area contributed by atoms with E-state index in [2.05, 4.69) is 27.6 Å². The number of carbonyl (C=O) groups excluding carboxylic acids is 2. The first-order valence-corrected chi connectivity index (χ1v) is 18.0. The first kappa shape index (κ1) is 41.2. The van der Waals surface area contributed by atoms with Crippen molar-refractivity contribution >= 4 is 18.0 Å². The molecule has 1 spiro atoms. The van der Waals surface area contributed by atoms with Crippen LogP contribution in [0.15, 0.2) is 53.2 Å². The van der Waals surface area contributed by atoms with E-state index in [0.29, 0.717) is 35.4 Å². The maximum Gasteiger partial charge on any atom is 0.435 e. The van der Waals surface area contributed by atoms with Gasteiger partial charge in [0.2, 0.25) is 6.41 Å². The number of nitrogens with one attached hydrogen (secondary N) is 2. The number of aliphatic hydroxyl groups is 1. The maximum absolute atomic E-state index is 13.9. The summed E-state index contributed by atoms with van der Waals surface area (Å²) >= 11 is 0. The van der Waals surface area contributed by atoms with Crippen molar-refractivity contribution in [2.24, 2.45) is 4.99 Å². The van der Waals surface area contributed by atoms with E-state index in [4.69, 9.17) is 4.99 Å². The summed E-state index contributed by atoms with van der Waals surface area (Å²) in [6.45, 7) is 8.62. The van der Waals surface area contributed by atoms with Crippen molar-refractivity contribution < 1.29 is 45.4 Å². The number of benzene rings is 2. The predicted molar refractivity (Wildman–Crippen MR) is 191 cm³/mol. The SMILES string of the molecule is CC.CC(C)(O)C#CC1=CCC(c2ccc3c(c2)C(=O)NC32CC2)C(C(Cc2cc(F)cc(F)c2)NC=O)=N1.CCn1nc(C(F)(F)F)c2c1C(F)(F)CC2. The lowest BCUT2D eigenvalue weighted by molar-refractivity contribution is -0.142. The van der Waals surface area contributed by atoms with Gasteiger partial charge in [0.15, 0.2) is 5.69 Å². The maximum atomic E-state index is 13.9. The minimum Gasteiger partial charge on any atom is -0.378 e. The third-order valence-electron chi connectivity index (χ3n) is 9.60. The van der Waals surface area contributed by atoms with Crippen molar-refractivity contribution in [2.75, 3.05) is 0 Å². The highest BCUT2D eigenvalue weighted by Crippen LogP contribution is 2.51. The number of rotatable bonds is 7. The van der Waals surface area contributed by atoms with E-state index in [-0.39, 0.29) is 42.3 Å². The van der Waals surface area contributed by atoms with Gasteiger partial charge in [-0.05, 0) is 99.8 Å². The van der Waals surface area contributed by atoms with Crippen molar-refractivity contribution in [1.29, 1.82) is 0 Å². The van der Waals surface area contributed by atoms with Crippen LogP contribution in [0.25, 0.3) is 0 Å². The molecule has 2 amide bonds. The molecule has 2 aliphatic heterocycles. The van der Waals surface area contributed by atoms with Gasteiger partial charge in [0.25, 0.3) is 11.8 Å². The standard InChI is InChI=1S/C29H27F2N3O3.C9H9F5N2.C2H6/c1-28(2,37)8-7-21-4-5-22(18-3-6-24-23(14-18)27(36)34-29(24)9-10-29)26(33-21)25(32-16-35)13-17-11-19(30)15-20(31)12-17;1-2-16-7-5(3-4-8(7,10)11)6(15-16)9(12,13)14;1-2/h3-4,6,11-12,14-16,22,25,37H,5,9-10,13H2,1-2H3,(H,32,35)(H,34,36);2-4H2,1H3;1-2H3. The zero-order chi connectivity index (χ0) is 40.5. The summed E-state index contributed by atoms with van der Waals surface area (Å²) in [6.07, 6.45) is -0.690. The van der Waals surface area contributed by atoms with Crippen LogP contribution in [0.2, 0.25) is 0 Å². The Morgan fingerprint density at radius 2 is 1.76 bits per heavy atom. The van der Waals surface area contributed by atoms with E-state index in [1.807, 2.05) is 38.1 Å². The molecule has 1 aromatic heterocycles. The van der Waals surface area contributed by atoms with Crippen LogP contribution >= 0.6 is 0 Å². The first-order chi connectivity index (χ1) is 25.8. The van der Waals surface area contributed by atoms with Crippen LogP contribution in [0.4, 0.5) is 30.7 Å². The summed E-state index contributed by atoms with van der Waals surface area (Å²) < 4.78 is 92.9. The molecule has 3 N–H and O–H groups in total. The molecule has 2 unspecified atom stereocenters. The molecule has 8 nitrogen and oxygen atoms in total. The van der Waals surface area contributed by atoms with E-state index < -0.39 is 53.2 Å². The van der Waals surface area contributed by atoms with E-state index in [1.54, 1.807) is 13.8 Å². The van der Waals surface area contributed by atoms with Gasteiger partial charge in [-0.15, -0.1) is 0 Å². The highest BCUT2D eigenvalue weighted by molar-refractivity contribution is 6.02. The number of aliphatic imine (C=N–C) groups is 1. The Balaban J connectivity index is 0.000000269. The fourth-order valence-corrected chi connectivity index (χ4v) is 7.09. The normalized spacial score (nSPS) is 19.1. The van der Waals surface area contributed by atoms with Crippen molar-refractivity contribution in [3.05, 3.63) is 99.0 Å². The van der Waals surface area contributed by atoms with E-state index >= 15 is 0 Å². The van der Waals surface area contributed by atoms with Crippen molar-refractivity contribution in [1.82, 2.24) is 20.4 Å². The summed E-state index contributed by atoms with van der Waals surface area (Å²) in [7, 11) is 0. The lowest BCUT2D eigenvalue weighted by Gasteiger charge is -2.29. The smallest absolute Gasteiger partial charge is 0.378 e. The second-order valence-corrected chi connectivity index (χ2v) is 14.1. The van der Waals surface area contributed by atoms with Crippen LogP contribution in [0.3, 0.4) is 0 Å². The number of hydrogen-bond donors (Lipinski definition) is 3. The lowest BCUT2D eigenvalue weighted by Crippen LogP contribution is -2.41. The molecule has 1 fully saturated rings. The minimum absolute atomic E-state index is 0.00794. The molecular formula is C40H42F7N5O3. The Morgan fingerprint density at radius 3 is 2.35 bits per heavy atom. The van der Waals surface area contributed by atoms with Gasteiger partial charge < -0.3 is 15.7 Å². The molecule has 2 atom stereocenters. The quantitative estimate of drug-likeness (QED) is 0.130. The minimum atomic E-state index is -4.66. The molecule has 7 rings (SSSR count). The summed E-state index contributed by atoms with van der Waals surface area (Å²) in [5.74, 6) is 0.605. The number of alkyl halides is 5. The van der Waals surface area contributed by atoms with Crippen molar-refractivity contribution in [3.8, 4) is 11.8 Å². The van der Waals surface area contributed by atoms with Crippen molar-refractivity contribution in [2.45, 2.75) is 115 Å². The second kappa shape index (κ2) is 15.6. The summed E-state index contributed by atoms with van der Waals surface area (Å²) in [4.78, 5) is 29.0. The van der Waals surface area contributed by atoms with E-state index in [1.165, 1.54) is 19.1 Å². The molecule has 4 aliphatic rings. The first-order valence-electron chi connectivity index (χ1n) is 18.0. The van der Waals surface area contributed by atoms with Gasteiger partial charge in [-0.3, -0.25) is 14.3 Å². The monoisotopic (exact) mass is 773 g/mol. The summed E-state index contributed by atoms with van der Waals surface area (Å²) in [5.41, 5.74) is 0.282. The number of allylic oxidation sites excluding steroid dienone is 2. The Kier molecular flexibility index (Phi) is 11.7. The van der Waals surface area contributed by atoms with Crippen LogP contribution in [0.1, 0.15) is 110 Å². The number of hydrogen-bond acceptors (Lipinski definition) is 5. The summed E-state index contributed by atoms with van der Waals surface area (Å²) in [6, 6.07) is 8.38. The van der Waals surface area contributed by atoms with Crippen LogP contribution in [0.5, 0.6) is 0 Å². The molecule has 2 aliphatic carbocycles. The van der Waals surface area contributed by atoms with Gasteiger partial charge in [-0.25, -0.2) is 13.8 Å². The Hall–Kier alpha value is -4.97. The fourth-order valence-electron chi connectivity index (χ4n) is 7.09. The molecule has 0 saturated heterocycles. The molecule has 0 radical (unpaired) electrons. The largest absolute Gasteiger partial charge is 0.435 e. The molecule has 15 heteroatoms. The third kappa shape index (κ3) is 8.96. The molecular weight excluding hydrogens is 731 g/mol.